The van der Waals surface area contributed by atoms with Gasteiger partial charge in [0, 0.05) is 5.69 Å². The number of anilines is 1. The zero-order valence-electron chi connectivity index (χ0n) is 10.9. The Morgan fingerprint density at radius 3 is 2.25 bits per heavy atom. The molecule has 0 heterocycles. The Morgan fingerprint density at radius 2 is 1.70 bits per heavy atom. The van der Waals surface area contributed by atoms with E-state index in [9.17, 15) is 13.2 Å². The summed E-state index contributed by atoms with van der Waals surface area (Å²) < 4.78 is 43.2. The van der Waals surface area contributed by atoms with Crippen LogP contribution in [0.4, 0.5) is 18.9 Å². The third-order valence-corrected chi connectivity index (χ3v) is 2.85. The van der Waals surface area contributed by atoms with Gasteiger partial charge < -0.3 is 10.5 Å². The van der Waals surface area contributed by atoms with Crippen LogP contribution >= 0.6 is 0 Å². The van der Waals surface area contributed by atoms with Gasteiger partial charge in [0.25, 0.3) is 0 Å². The second-order valence-electron chi connectivity index (χ2n) is 4.52. The third kappa shape index (κ3) is 3.44. The van der Waals surface area contributed by atoms with Crippen LogP contribution in [0.1, 0.15) is 16.7 Å². The quantitative estimate of drug-likeness (QED) is 0.857. The molecule has 0 fully saturated rings. The van der Waals surface area contributed by atoms with E-state index >= 15 is 0 Å². The van der Waals surface area contributed by atoms with Crippen molar-refractivity contribution in [3.63, 3.8) is 0 Å². The molecule has 0 saturated heterocycles. The topological polar surface area (TPSA) is 35.2 Å². The van der Waals surface area contributed by atoms with Crippen molar-refractivity contribution in [2.24, 2.45) is 0 Å². The Labute approximate surface area is 115 Å². The van der Waals surface area contributed by atoms with E-state index < -0.39 is 11.7 Å². The van der Waals surface area contributed by atoms with Crippen LogP contribution in [0, 0.1) is 6.92 Å². The minimum Gasteiger partial charge on any atom is -0.489 e. The molecule has 0 spiro atoms. The van der Waals surface area contributed by atoms with E-state index in [-0.39, 0.29) is 12.3 Å². The molecule has 0 aliphatic carbocycles. The molecule has 2 aromatic carbocycles. The number of halogens is 3. The fourth-order valence-corrected chi connectivity index (χ4v) is 1.76. The Bertz CT molecular complexity index is 591. The summed E-state index contributed by atoms with van der Waals surface area (Å²) in [6.45, 7) is 2.13. The summed E-state index contributed by atoms with van der Waals surface area (Å²) >= 11 is 0. The van der Waals surface area contributed by atoms with E-state index in [2.05, 4.69) is 0 Å². The molecule has 0 aliphatic rings. The first-order valence-corrected chi connectivity index (χ1v) is 6.01. The number of rotatable bonds is 3. The summed E-state index contributed by atoms with van der Waals surface area (Å²) in [4.78, 5) is 0. The zero-order chi connectivity index (χ0) is 14.8. The first-order valence-electron chi connectivity index (χ1n) is 6.01. The van der Waals surface area contributed by atoms with Gasteiger partial charge in [-0.2, -0.15) is 13.2 Å². The summed E-state index contributed by atoms with van der Waals surface area (Å²) in [7, 11) is 0. The van der Waals surface area contributed by atoms with Crippen LogP contribution < -0.4 is 10.5 Å². The molecule has 20 heavy (non-hydrogen) atoms. The summed E-state index contributed by atoms with van der Waals surface area (Å²) in [5.41, 5.74) is 6.01. The molecule has 2 aromatic rings. The molecule has 106 valence electrons. The van der Waals surface area contributed by atoms with Crippen LogP contribution in [0.3, 0.4) is 0 Å². The van der Waals surface area contributed by atoms with E-state index in [4.69, 9.17) is 10.5 Å². The maximum absolute atomic E-state index is 12.6. The predicted molar refractivity (Wildman–Crippen MR) is 71.4 cm³/mol. The number of aryl methyl sites for hydroxylation is 1. The van der Waals surface area contributed by atoms with Crippen LogP contribution in [0.2, 0.25) is 0 Å². The van der Waals surface area contributed by atoms with Gasteiger partial charge in [-0.05, 0) is 36.8 Å². The van der Waals surface area contributed by atoms with Gasteiger partial charge >= 0.3 is 6.18 Å². The number of hydrogen-bond acceptors (Lipinski definition) is 2. The Kier molecular flexibility index (Phi) is 3.88. The fraction of sp³-hybridized carbons (Fsp3) is 0.200. The summed E-state index contributed by atoms with van der Waals surface area (Å²) in [5, 5.41) is 0. The number of nitrogens with two attached hydrogens (primary N) is 1. The maximum Gasteiger partial charge on any atom is 0.418 e. The molecular weight excluding hydrogens is 267 g/mol. The van der Waals surface area contributed by atoms with Gasteiger partial charge in [0.05, 0.1) is 5.56 Å². The molecular formula is C15H14F3NO. The lowest BCUT2D eigenvalue weighted by Crippen LogP contribution is -2.09. The van der Waals surface area contributed by atoms with Gasteiger partial charge in [0.1, 0.15) is 12.4 Å². The van der Waals surface area contributed by atoms with Crippen molar-refractivity contribution in [1.82, 2.24) is 0 Å². The van der Waals surface area contributed by atoms with Crippen molar-refractivity contribution < 1.29 is 17.9 Å². The fourth-order valence-electron chi connectivity index (χ4n) is 1.76. The van der Waals surface area contributed by atoms with E-state index in [0.717, 1.165) is 11.6 Å². The minimum absolute atomic E-state index is 0.172. The molecule has 0 unspecified atom stereocenters. The lowest BCUT2D eigenvalue weighted by atomic mass is 10.1. The highest BCUT2D eigenvalue weighted by atomic mass is 19.4. The first kappa shape index (κ1) is 14.2. The molecule has 0 aliphatic heterocycles. The highest BCUT2D eigenvalue weighted by molar-refractivity contribution is 5.50. The van der Waals surface area contributed by atoms with Crippen LogP contribution in [0.25, 0.3) is 0 Å². The Balaban J connectivity index is 2.07. The number of benzene rings is 2. The number of alkyl halides is 3. The van der Waals surface area contributed by atoms with Gasteiger partial charge in [-0.25, -0.2) is 0 Å². The zero-order valence-corrected chi connectivity index (χ0v) is 10.9. The summed E-state index contributed by atoms with van der Waals surface area (Å²) in [6, 6.07) is 11.0. The Morgan fingerprint density at radius 1 is 1.05 bits per heavy atom. The lowest BCUT2D eigenvalue weighted by molar-refractivity contribution is -0.136. The van der Waals surface area contributed by atoms with Crippen molar-refractivity contribution in [2.75, 3.05) is 5.73 Å². The number of nitrogen functional groups attached to an aromatic ring is 1. The van der Waals surface area contributed by atoms with E-state index in [0.29, 0.717) is 11.3 Å². The normalized spacial score (nSPS) is 11.4. The highest BCUT2D eigenvalue weighted by Gasteiger charge is 2.32. The molecule has 0 bridgehead atoms. The maximum atomic E-state index is 12.6. The average molecular weight is 281 g/mol. The van der Waals surface area contributed by atoms with Gasteiger partial charge in [0.15, 0.2) is 0 Å². The number of hydrogen-bond donors (Lipinski definition) is 1. The second kappa shape index (κ2) is 5.45. The molecule has 0 aromatic heterocycles. The number of ether oxygens (including phenoxy) is 1. The Hall–Kier alpha value is -2.17. The lowest BCUT2D eigenvalue weighted by Gasteiger charge is -2.12. The van der Waals surface area contributed by atoms with Crippen LogP contribution in [0.15, 0.2) is 42.5 Å². The molecule has 2 N–H and O–H groups in total. The van der Waals surface area contributed by atoms with Crippen LogP contribution in [0.5, 0.6) is 5.75 Å². The van der Waals surface area contributed by atoms with E-state index in [1.807, 2.05) is 31.2 Å². The smallest absolute Gasteiger partial charge is 0.418 e. The van der Waals surface area contributed by atoms with Crippen molar-refractivity contribution in [3.8, 4) is 5.75 Å². The molecule has 0 radical (unpaired) electrons. The van der Waals surface area contributed by atoms with E-state index in [1.165, 1.54) is 12.1 Å². The van der Waals surface area contributed by atoms with Crippen molar-refractivity contribution >= 4 is 5.69 Å². The van der Waals surface area contributed by atoms with Gasteiger partial charge in [-0.1, -0.05) is 23.8 Å². The van der Waals surface area contributed by atoms with Crippen molar-refractivity contribution in [1.29, 1.82) is 0 Å². The van der Waals surface area contributed by atoms with Crippen molar-refractivity contribution in [3.05, 3.63) is 59.2 Å². The van der Waals surface area contributed by atoms with Crippen molar-refractivity contribution in [2.45, 2.75) is 19.7 Å². The molecule has 2 rings (SSSR count). The SMILES string of the molecule is Cc1ccc(OCc2ccc(C(F)(F)F)c(N)c2)cc1. The van der Waals surface area contributed by atoms with Gasteiger partial charge in [-0.3, -0.25) is 0 Å². The first-order chi connectivity index (χ1) is 9.36. The molecule has 0 saturated carbocycles. The molecule has 0 atom stereocenters. The standard InChI is InChI=1S/C15H14F3NO/c1-10-2-5-12(6-3-10)20-9-11-4-7-13(14(19)8-11)15(16,17)18/h2-8H,9,19H2,1H3. The molecule has 0 amide bonds. The highest BCUT2D eigenvalue weighted by Crippen LogP contribution is 2.33. The second-order valence-corrected chi connectivity index (χ2v) is 4.52. The summed E-state index contributed by atoms with van der Waals surface area (Å²) in [5.74, 6) is 0.661. The van der Waals surface area contributed by atoms with Crippen LogP contribution in [-0.4, -0.2) is 0 Å². The van der Waals surface area contributed by atoms with Gasteiger partial charge in [-0.15, -0.1) is 0 Å². The van der Waals surface area contributed by atoms with Gasteiger partial charge in [0.2, 0.25) is 0 Å². The minimum atomic E-state index is -4.43. The third-order valence-electron chi connectivity index (χ3n) is 2.85. The molecule has 2 nitrogen and oxygen atoms in total. The average Bonchev–Trinajstić information content (AvgIpc) is 2.36. The van der Waals surface area contributed by atoms with E-state index in [1.54, 1.807) is 0 Å². The monoisotopic (exact) mass is 281 g/mol. The largest absolute Gasteiger partial charge is 0.489 e. The predicted octanol–water partition coefficient (Wildman–Crippen LogP) is 4.18. The van der Waals surface area contributed by atoms with Crippen LogP contribution in [-0.2, 0) is 12.8 Å². The molecule has 5 heteroatoms. The summed E-state index contributed by atoms with van der Waals surface area (Å²) in [6.07, 6.45) is -4.43.